The third kappa shape index (κ3) is 3.76. The number of aliphatic hydroxyl groups excluding tert-OH is 1. The number of aliphatic hydroxyl groups is 1. The van der Waals surface area contributed by atoms with Crippen LogP contribution in [-0.2, 0) is 22.7 Å². The van der Waals surface area contributed by atoms with Crippen molar-refractivity contribution in [1.82, 2.24) is 15.5 Å². The first-order chi connectivity index (χ1) is 11.4. The molecule has 3 N–H and O–H groups in total. The van der Waals surface area contributed by atoms with Gasteiger partial charge in [-0.05, 0) is 48.6 Å². The summed E-state index contributed by atoms with van der Waals surface area (Å²) in [6.45, 7) is 7.95. The van der Waals surface area contributed by atoms with Crippen molar-refractivity contribution in [2.75, 3.05) is 20.1 Å². The topological polar surface area (TPSA) is 81.7 Å². The lowest BCUT2D eigenvalue weighted by Gasteiger charge is -2.35. The average molecular weight is 333 g/mol. The zero-order chi connectivity index (χ0) is 17.9. The molecule has 0 aromatic heterocycles. The van der Waals surface area contributed by atoms with Crippen LogP contribution in [-0.4, -0.2) is 48.0 Å². The Hall–Kier alpha value is -1.92. The third-order valence-corrected chi connectivity index (χ3v) is 4.91. The molecule has 2 rings (SSSR count). The lowest BCUT2D eigenvalue weighted by Crippen LogP contribution is -2.56. The molecule has 0 radical (unpaired) electrons. The average Bonchev–Trinajstić information content (AvgIpc) is 2.54. The van der Waals surface area contributed by atoms with Gasteiger partial charge in [-0.25, -0.2) is 0 Å². The Morgan fingerprint density at radius 3 is 2.62 bits per heavy atom. The Balaban J connectivity index is 2.30. The largest absolute Gasteiger partial charge is 0.392 e. The molecule has 1 atom stereocenters. The molecule has 6 nitrogen and oxygen atoms in total. The summed E-state index contributed by atoms with van der Waals surface area (Å²) < 4.78 is 0. The SMILES string of the molecule is CNC(=O)CC1C(=O)NCCN1Cc1c(C)cc(C)c(CO)c1C. The van der Waals surface area contributed by atoms with Crippen LogP contribution >= 0.6 is 0 Å². The fourth-order valence-electron chi connectivity index (χ4n) is 3.41. The minimum absolute atomic E-state index is 0.00705. The van der Waals surface area contributed by atoms with Gasteiger partial charge in [0.15, 0.2) is 0 Å². The first-order valence-electron chi connectivity index (χ1n) is 8.30. The van der Waals surface area contributed by atoms with E-state index in [9.17, 15) is 14.7 Å². The van der Waals surface area contributed by atoms with Crippen molar-refractivity contribution in [3.63, 3.8) is 0 Å². The number of carbonyl (C=O) groups excluding carboxylic acids is 2. The number of aryl methyl sites for hydroxylation is 2. The Labute approximate surface area is 143 Å². The van der Waals surface area contributed by atoms with Gasteiger partial charge >= 0.3 is 0 Å². The van der Waals surface area contributed by atoms with Crippen molar-refractivity contribution in [1.29, 1.82) is 0 Å². The molecule has 0 spiro atoms. The Kier molecular flexibility index (Phi) is 5.96. The quantitative estimate of drug-likeness (QED) is 0.735. The summed E-state index contributed by atoms with van der Waals surface area (Å²) in [5.41, 5.74) is 5.36. The molecule has 1 heterocycles. The van der Waals surface area contributed by atoms with Crippen molar-refractivity contribution in [3.05, 3.63) is 33.9 Å². The lowest BCUT2D eigenvalue weighted by molar-refractivity contribution is -0.134. The van der Waals surface area contributed by atoms with Gasteiger partial charge in [-0.1, -0.05) is 6.07 Å². The van der Waals surface area contributed by atoms with Crippen LogP contribution in [0.4, 0.5) is 0 Å². The van der Waals surface area contributed by atoms with Crippen molar-refractivity contribution in [3.8, 4) is 0 Å². The summed E-state index contributed by atoms with van der Waals surface area (Å²) in [4.78, 5) is 26.0. The Morgan fingerprint density at radius 1 is 1.33 bits per heavy atom. The van der Waals surface area contributed by atoms with Gasteiger partial charge in [-0.2, -0.15) is 0 Å². The Morgan fingerprint density at radius 2 is 2.00 bits per heavy atom. The molecule has 1 aromatic rings. The van der Waals surface area contributed by atoms with Gasteiger partial charge in [0.05, 0.1) is 19.1 Å². The van der Waals surface area contributed by atoms with Gasteiger partial charge in [0.1, 0.15) is 0 Å². The van der Waals surface area contributed by atoms with Crippen molar-refractivity contribution >= 4 is 11.8 Å². The zero-order valence-electron chi connectivity index (χ0n) is 14.9. The van der Waals surface area contributed by atoms with Crippen LogP contribution < -0.4 is 10.6 Å². The van der Waals surface area contributed by atoms with Gasteiger partial charge in [-0.15, -0.1) is 0 Å². The van der Waals surface area contributed by atoms with Crippen molar-refractivity contribution in [2.24, 2.45) is 0 Å². The van der Waals surface area contributed by atoms with E-state index >= 15 is 0 Å². The fraction of sp³-hybridized carbons (Fsp3) is 0.556. The van der Waals surface area contributed by atoms with Crippen LogP contribution in [0.5, 0.6) is 0 Å². The minimum Gasteiger partial charge on any atom is -0.392 e. The van der Waals surface area contributed by atoms with E-state index in [4.69, 9.17) is 0 Å². The predicted octanol–water partition coefficient (Wildman–Crippen LogP) is 0.541. The molecule has 1 saturated heterocycles. The summed E-state index contributed by atoms with van der Waals surface area (Å²) >= 11 is 0. The number of rotatable bonds is 5. The molecule has 132 valence electrons. The second-order valence-corrected chi connectivity index (χ2v) is 6.41. The number of nitrogens with zero attached hydrogens (tertiary/aromatic N) is 1. The molecule has 2 amide bonds. The molecule has 0 aliphatic carbocycles. The van der Waals surface area contributed by atoms with Crippen LogP contribution in [0.2, 0.25) is 0 Å². The van der Waals surface area contributed by atoms with E-state index in [0.717, 1.165) is 27.8 Å². The number of hydrogen-bond acceptors (Lipinski definition) is 4. The fourth-order valence-corrected chi connectivity index (χ4v) is 3.41. The molecular formula is C18H27N3O3. The summed E-state index contributed by atoms with van der Waals surface area (Å²) in [5.74, 6) is -0.245. The van der Waals surface area contributed by atoms with Crippen LogP contribution in [0.3, 0.4) is 0 Å². The third-order valence-electron chi connectivity index (χ3n) is 4.91. The number of benzene rings is 1. The maximum Gasteiger partial charge on any atom is 0.237 e. The zero-order valence-corrected chi connectivity index (χ0v) is 14.9. The van der Waals surface area contributed by atoms with E-state index < -0.39 is 6.04 Å². The minimum atomic E-state index is -0.462. The molecule has 1 aromatic carbocycles. The Bertz CT molecular complexity index is 643. The molecule has 1 fully saturated rings. The summed E-state index contributed by atoms with van der Waals surface area (Å²) in [7, 11) is 1.58. The second kappa shape index (κ2) is 7.77. The highest BCUT2D eigenvalue weighted by molar-refractivity contribution is 5.88. The van der Waals surface area contributed by atoms with Crippen LogP contribution in [0.25, 0.3) is 0 Å². The van der Waals surface area contributed by atoms with Crippen molar-refractivity contribution < 1.29 is 14.7 Å². The number of hydrogen-bond donors (Lipinski definition) is 3. The number of amides is 2. The van der Waals surface area contributed by atoms with Gasteiger partial charge < -0.3 is 15.7 Å². The maximum absolute atomic E-state index is 12.2. The normalized spacial score (nSPS) is 18.4. The van der Waals surface area contributed by atoms with E-state index in [2.05, 4.69) is 21.6 Å². The van der Waals surface area contributed by atoms with Crippen LogP contribution in [0.15, 0.2) is 6.07 Å². The molecule has 1 unspecified atom stereocenters. The standard InChI is InChI=1S/C18H27N3O3/c1-11-7-12(2)15(10-22)13(3)14(11)9-21-6-5-20-18(24)16(21)8-17(23)19-4/h7,16,22H,5-6,8-10H2,1-4H3,(H,19,23)(H,20,24). The van der Waals surface area contributed by atoms with Crippen LogP contribution in [0.1, 0.15) is 34.2 Å². The molecule has 1 aliphatic rings. The molecular weight excluding hydrogens is 306 g/mol. The molecule has 0 saturated carbocycles. The van der Waals surface area contributed by atoms with E-state index in [1.54, 1.807) is 7.05 Å². The molecule has 0 bridgehead atoms. The molecule has 1 aliphatic heterocycles. The monoisotopic (exact) mass is 333 g/mol. The molecule has 6 heteroatoms. The van der Waals surface area contributed by atoms with Gasteiger partial charge in [0.25, 0.3) is 0 Å². The van der Waals surface area contributed by atoms with E-state index in [-0.39, 0.29) is 24.8 Å². The lowest BCUT2D eigenvalue weighted by atomic mass is 9.92. The van der Waals surface area contributed by atoms with E-state index in [0.29, 0.717) is 19.6 Å². The van der Waals surface area contributed by atoms with Gasteiger partial charge in [-0.3, -0.25) is 14.5 Å². The first kappa shape index (κ1) is 18.4. The van der Waals surface area contributed by atoms with E-state index in [1.165, 1.54) is 0 Å². The first-order valence-corrected chi connectivity index (χ1v) is 8.30. The highest BCUT2D eigenvalue weighted by Gasteiger charge is 2.32. The highest BCUT2D eigenvalue weighted by Crippen LogP contribution is 2.25. The summed E-state index contributed by atoms with van der Waals surface area (Å²) in [5, 5.41) is 15.1. The summed E-state index contributed by atoms with van der Waals surface area (Å²) in [6, 6.07) is 1.61. The van der Waals surface area contributed by atoms with E-state index in [1.807, 2.05) is 20.8 Å². The second-order valence-electron chi connectivity index (χ2n) is 6.41. The number of carbonyl (C=O) groups is 2. The maximum atomic E-state index is 12.2. The number of nitrogens with one attached hydrogen (secondary N) is 2. The summed E-state index contributed by atoms with van der Waals surface area (Å²) in [6.07, 6.45) is 0.152. The molecule has 24 heavy (non-hydrogen) atoms. The number of piperazine rings is 1. The van der Waals surface area contributed by atoms with Gasteiger partial charge in [0, 0.05) is 26.7 Å². The predicted molar refractivity (Wildman–Crippen MR) is 92.5 cm³/mol. The van der Waals surface area contributed by atoms with Crippen molar-refractivity contribution in [2.45, 2.75) is 46.4 Å². The van der Waals surface area contributed by atoms with Crippen LogP contribution in [0, 0.1) is 20.8 Å². The highest BCUT2D eigenvalue weighted by atomic mass is 16.3. The smallest absolute Gasteiger partial charge is 0.237 e. The van der Waals surface area contributed by atoms with Gasteiger partial charge in [0.2, 0.25) is 11.8 Å².